The van der Waals surface area contributed by atoms with Crippen LogP contribution >= 0.6 is 0 Å². The van der Waals surface area contributed by atoms with Gasteiger partial charge in [-0.15, -0.1) is 20.4 Å². The lowest BCUT2D eigenvalue weighted by Gasteiger charge is -2.06. The first-order valence-electron chi connectivity index (χ1n) is 5.35. The molecule has 0 atom stereocenters. The van der Waals surface area contributed by atoms with Crippen molar-refractivity contribution in [1.82, 2.24) is 20.4 Å². The smallest absolute Gasteiger partial charge is 0.396 e. The van der Waals surface area contributed by atoms with E-state index in [1.165, 1.54) is 12.1 Å². The van der Waals surface area contributed by atoms with E-state index in [4.69, 9.17) is 5.11 Å². The number of halogens is 3. The molecule has 0 aliphatic heterocycles. The van der Waals surface area contributed by atoms with Crippen LogP contribution in [0.15, 0.2) is 24.3 Å². The number of benzene rings is 1. The van der Waals surface area contributed by atoms with E-state index in [1.807, 2.05) is 0 Å². The Kier molecular flexibility index (Phi) is 3.70. The van der Waals surface area contributed by atoms with Crippen molar-refractivity contribution >= 4 is 0 Å². The minimum Gasteiger partial charge on any atom is -0.396 e. The van der Waals surface area contributed by atoms with E-state index in [1.54, 1.807) is 0 Å². The molecule has 1 N–H and O–H groups in total. The molecule has 5 nitrogen and oxygen atoms in total. The van der Waals surface area contributed by atoms with E-state index in [0.717, 1.165) is 12.1 Å². The van der Waals surface area contributed by atoms with Crippen LogP contribution in [-0.2, 0) is 12.6 Å². The van der Waals surface area contributed by atoms with Gasteiger partial charge in [-0.05, 0) is 12.1 Å². The van der Waals surface area contributed by atoms with E-state index in [9.17, 15) is 13.2 Å². The molecule has 0 unspecified atom stereocenters. The van der Waals surface area contributed by atoms with Gasteiger partial charge in [-0.3, -0.25) is 0 Å². The third kappa shape index (κ3) is 3.22. The molecular weight excluding hydrogens is 261 g/mol. The fourth-order valence-corrected chi connectivity index (χ4v) is 1.37. The van der Waals surface area contributed by atoms with Crippen LogP contribution in [0.4, 0.5) is 13.2 Å². The highest BCUT2D eigenvalue weighted by Crippen LogP contribution is 2.30. The SMILES string of the molecule is OCCc1nnc(-c2ccc(C(F)(F)F)cc2)nn1. The Bertz CT molecular complexity index is 539. The summed E-state index contributed by atoms with van der Waals surface area (Å²) < 4.78 is 37.1. The van der Waals surface area contributed by atoms with Crippen LogP contribution < -0.4 is 0 Å². The molecule has 19 heavy (non-hydrogen) atoms. The van der Waals surface area contributed by atoms with Crippen molar-refractivity contribution in [2.24, 2.45) is 0 Å². The predicted molar refractivity (Wildman–Crippen MR) is 58.8 cm³/mol. The zero-order chi connectivity index (χ0) is 13.9. The number of aromatic nitrogens is 4. The molecule has 1 heterocycles. The van der Waals surface area contributed by atoms with Crippen molar-refractivity contribution in [3.05, 3.63) is 35.7 Å². The average Bonchev–Trinajstić information content (AvgIpc) is 2.39. The lowest BCUT2D eigenvalue weighted by molar-refractivity contribution is -0.137. The molecule has 0 saturated heterocycles. The van der Waals surface area contributed by atoms with Crippen LogP contribution in [0.2, 0.25) is 0 Å². The first kappa shape index (κ1) is 13.3. The molecule has 2 aromatic rings. The largest absolute Gasteiger partial charge is 0.416 e. The second-order valence-corrected chi connectivity index (χ2v) is 3.69. The summed E-state index contributed by atoms with van der Waals surface area (Å²) in [6, 6.07) is 4.40. The molecule has 0 amide bonds. The molecule has 1 aromatic heterocycles. The summed E-state index contributed by atoms with van der Waals surface area (Å²) in [5.74, 6) is 0.411. The quantitative estimate of drug-likeness (QED) is 0.914. The number of rotatable bonds is 3. The minimum absolute atomic E-state index is 0.122. The highest BCUT2D eigenvalue weighted by molar-refractivity contribution is 5.54. The number of hydrogen-bond donors (Lipinski definition) is 1. The number of alkyl halides is 3. The lowest BCUT2D eigenvalue weighted by Crippen LogP contribution is -2.06. The molecule has 0 fully saturated rings. The average molecular weight is 270 g/mol. The van der Waals surface area contributed by atoms with Crippen LogP contribution in [0, 0.1) is 0 Å². The van der Waals surface area contributed by atoms with Crippen molar-refractivity contribution in [3.8, 4) is 11.4 Å². The topological polar surface area (TPSA) is 71.8 Å². The van der Waals surface area contributed by atoms with E-state index >= 15 is 0 Å². The fraction of sp³-hybridized carbons (Fsp3) is 0.273. The molecule has 0 spiro atoms. The summed E-state index contributed by atoms with van der Waals surface area (Å²) in [7, 11) is 0. The summed E-state index contributed by atoms with van der Waals surface area (Å²) in [6.45, 7) is -0.122. The Hall–Kier alpha value is -2.09. The van der Waals surface area contributed by atoms with Gasteiger partial charge in [0.25, 0.3) is 0 Å². The van der Waals surface area contributed by atoms with E-state index in [2.05, 4.69) is 20.4 Å². The summed E-state index contributed by atoms with van der Waals surface area (Å²) in [5.41, 5.74) is -0.349. The first-order valence-corrected chi connectivity index (χ1v) is 5.35. The van der Waals surface area contributed by atoms with Crippen molar-refractivity contribution in [2.45, 2.75) is 12.6 Å². The van der Waals surface area contributed by atoms with Crippen molar-refractivity contribution in [2.75, 3.05) is 6.61 Å². The number of aliphatic hydroxyl groups is 1. The molecule has 0 saturated carbocycles. The van der Waals surface area contributed by atoms with Gasteiger partial charge in [-0.1, -0.05) is 12.1 Å². The van der Waals surface area contributed by atoms with Crippen LogP contribution in [0.5, 0.6) is 0 Å². The second kappa shape index (κ2) is 5.27. The van der Waals surface area contributed by atoms with Crippen molar-refractivity contribution in [3.63, 3.8) is 0 Å². The summed E-state index contributed by atoms with van der Waals surface area (Å²) in [5, 5.41) is 23.6. The summed E-state index contributed by atoms with van der Waals surface area (Å²) >= 11 is 0. The number of aliphatic hydroxyl groups excluding tert-OH is 1. The van der Waals surface area contributed by atoms with Gasteiger partial charge in [0.2, 0.25) is 5.82 Å². The van der Waals surface area contributed by atoms with Crippen LogP contribution in [0.1, 0.15) is 11.4 Å². The van der Waals surface area contributed by atoms with E-state index in [0.29, 0.717) is 5.56 Å². The lowest BCUT2D eigenvalue weighted by atomic mass is 10.1. The predicted octanol–water partition coefficient (Wildman–Crippen LogP) is 1.49. The summed E-state index contributed by atoms with van der Waals surface area (Å²) in [6.07, 6.45) is -4.14. The molecule has 2 rings (SSSR count). The summed E-state index contributed by atoms with van der Waals surface area (Å²) in [4.78, 5) is 0. The Morgan fingerprint density at radius 3 is 2.00 bits per heavy atom. The normalized spacial score (nSPS) is 11.6. The maximum absolute atomic E-state index is 12.4. The van der Waals surface area contributed by atoms with Crippen LogP contribution in [0.25, 0.3) is 11.4 Å². The van der Waals surface area contributed by atoms with Gasteiger partial charge in [0.1, 0.15) is 0 Å². The highest BCUT2D eigenvalue weighted by Gasteiger charge is 2.30. The maximum Gasteiger partial charge on any atom is 0.416 e. The molecule has 0 aliphatic carbocycles. The molecule has 0 radical (unpaired) electrons. The first-order chi connectivity index (χ1) is 9.00. The maximum atomic E-state index is 12.4. The van der Waals surface area contributed by atoms with Crippen LogP contribution in [-0.4, -0.2) is 32.1 Å². The molecule has 8 heteroatoms. The van der Waals surface area contributed by atoms with Crippen molar-refractivity contribution < 1.29 is 18.3 Å². The molecule has 1 aromatic carbocycles. The molecule has 0 aliphatic rings. The molecule has 0 bridgehead atoms. The molecule has 100 valence electrons. The third-order valence-electron chi connectivity index (χ3n) is 2.33. The Labute approximate surface area is 106 Å². The molecular formula is C11H9F3N4O. The van der Waals surface area contributed by atoms with Gasteiger partial charge in [0.05, 0.1) is 12.2 Å². The van der Waals surface area contributed by atoms with Crippen LogP contribution in [0.3, 0.4) is 0 Å². The zero-order valence-electron chi connectivity index (χ0n) is 9.59. The van der Waals surface area contributed by atoms with Gasteiger partial charge >= 0.3 is 6.18 Å². The van der Waals surface area contributed by atoms with E-state index in [-0.39, 0.29) is 24.7 Å². The minimum atomic E-state index is -4.37. The number of hydrogen-bond acceptors (Lipinski definition) is 5. The fourth-order valence-electron chi connectivity index (χ4n) is 1.37. The zero-order valence-corrected chi connectivity index (χ0v) is 9.59. The van der Waals surface area contributed by atoms with Gasteiger partial charge in [0, 0.05) is 12.0 Å². The third-order valence-corrected chi connectivity index (χ3v) is 2.33. The monoisotopic (exact) mass is 270 g/mol. The Morgan fingerprint density at radius 2 is 1.53 bits per heavy atom. The van der Waals surface area contributed by atoms with Crippen molar-refractivity contribution in [1.29, 1.82) is 0 Å². The van der Waals surface area contributed by atoms with Gasteiger partial charge in [-0.25, -0.2) is 0 Å². The highest BCUT2D eigenvalue weighted by atomic mass is 19.4. The second-order valence-electron chi connectivity index (χ2n) is 3.69. The Balaban J connectivity index is 2.22. The standard InChI is InChI=1S/C11H9F3N4O/c12-11(13,14)8-3-1-7(2-4-8)10-17-15-9(5-6-19)16-18-10/h1-4,19H,5-6H2. The Morgan fingerprint density at radius 1 is 0.947 bits per heavy atom. The van der Waals surface area contributed by atoms with E-state index < -0.39 is 11.7 Å². The van der Waals surface area contributed by atoms with Gasteiger partial charge in [0.15, 0.2) is 5.82 Å². The number of nitrogens with zero attached hydrogens (tertiary/aromatic N) is 4. The van der Waals surface area contributed by atoms with Gasteiger partial charge in [-0.2, -0.15) is 13.2 Å². The van der Waals surface area contributed by atoms with Gasteiger partial charge < -0.3 is 5.11 Å².